The van der Waals surface area contributed by atoms with E-state index >= 15 is 0 Å². The molecule has 1 aromatic rings. The Kier molecular flexibility index (Phi) is 8.20. The van der Waals surface area contributed by atoms with E-state index in [1.54, 1.807) is 6.08 Å². The van der Waals surface area contributed by atoms with Gasteiger partial charge in [-0.1, -0.05) is 6.08 Å². The average molecular weight is 421 g/mol. The van der Waals surface area contributed by atoms with E-state index in [0.29, 0.717) is 17.4 Å². The van der Waals surface area contributed by atoms with Gasteiger partial charge in [0.1, 0.15) is 6.54 Å². The lowest BCUT2D eigenvalue weighted by atomic mass is 10.1. The van der Waals surface area contributed by atoms with Crippen LogP contribution < -0.4 is 4.90 Å². The summed E-state index contributed by atoms with van der Waals surface area (Å²) in [6, 6.07) is 3.79. The molecule has 11 heteroatoms. The van der Waals surface area contributed by atoms with E-state index in [4.69, 9.17) is 10.8 Å². The minimum atomic E-state index is -4.91. The van der Waals surface area contributed by atoms with Crippen LogP contribution in [0.5, 0.6) is 0 Å². The minimum absolute atomic E-state index is 0.235. The second-order valence-electron chi connectivity index (χ2n) is 6.13. The third-order valence-electron chi connectivity index (χ3n) is 4.01. The van der Waals surface area contributed by atoms with Gasteiger partial charge >= 0.3 is 17.8 Å². The van der Waals surface area contributed by atoms with Crippen molar-refractivity contribution >= 4 is 29.0 Å². The number of hydrogen-bond acceptors (Lipinski definition) is 4. The summed E-state index contributed by atoms with van der Waals surface area (Å²) in [4.78, 5) is 41.1. The largest absolute Gasteiger partial charge is 0.421 e. The zero-order chi connectivity index (χ0) is 23.1. The van der Waals surface area contributed by atoms with Crippen molar-refractivity contribution in [3.05, 3.63) is 47.5 Å². The predicted molar refractivity (Wildman–Crippen MR) is 100 cm³/mol. The Morgan fingerprint density at radius 2 is 1.97 bits per heavy atom. The van der Waals surface area contributed by atoms with Gasteiger partial charge < -0.3 is 10.4 Å². The van der Waals surface area contributed by atoms with Gasteiger partial charge in [0.25, 0.3) is 0 Å². The summed E-state index contributed by atoms with van der Waals surface area (Å²) in [7, 11) is 1.42. The number of benzene rings is 1. The summed E-state index contributed by atoms with van der Waals surface area (Å²) in [6.45, 7) is 3.94. The molecule has 8 nitrogen and oxygen atoms in total. The number of Topliss-reactive ketones (excluding diaryl/α,β-unsaturated/α-hetero) is 1. The van der Waals surface area contributed by atoms with Crippen LogP contribution in [0.1, 0.15) is 24.5 Å². The molecule has 0 aromatic heterocycles. The van der Waals surface area contributed by atoms with Gasteiger partial charge in [-0.05, 0) is 24.6 Å². The van der Waals surface area contributed by atoms with Gasteiger partial charge in [-0.25, -0.2) is 0 Å². The van der Waals surface area contributed by atoms with Crippen molar-refractivity contribution < 1.29 is 32.3 Å². The number of alkyl halides is 3. The number of anilines is 1. The van der Waals surface area contributed by atoms with Crippen LogP contribution >= 0.6 is 0 Å². The number of halogens is 3. The first kappa shape index (κ1) is 24.3. The number of carbonyl (C=O) groups excluding carboxylic acids is 3. The summed E-state index contributed by atoms with van der Waals surface area (Å²) in [6.07, 6.45) is -2.92. The van der Waals surface area contributed by atoms with Crippen molar-refractivity contribution in [2.45, 2.75) is 19.5 Å². The highest BCUT2D eigenvalue weighted by molar-refractivity contribution is 6.65. The van der Waals surface area contributed by atoms with Crippen LogP contribution in [0.15, 0.2) is 30.9 Å². The highest BCUT2D eigenvalue weighted by Gasteiger charge is 2.37. The number of likely N-dealkylation sites (N-methyl/N-ethyl adjacent to an activating group) is 1. The predicted octanol–water partition coefficient (Wildman–Crippen LogP) is 2.20. The molecule has 0 saturated carbocycles. The third kappa shape index (κ3) is 5.86. The lowest BCUT2D eigenvalue weighted by molar-refractivity contribution is -0.137. The van der Waals surface area contributed by atoms with Gasteiger partial charge in [-0.15, -0.1) is 6.58 Å². The molecule has 0 unspecified atom stereocenters. The number of rotatable bonds is 8. The van der Waals surface area contributed by atoms with E-state index < -0.39 is 52.8 Å². The lowest BCUT2D eigenvalue weighted by Crippen LogP contribution is -2.46. The van der Waals surface area contributed by atoms with Gasteiger partial charge in [-0.2, -0.15) is 23.2 Å². The first-order valence-corrected chi connectivity index (χ1v) is 8.49. The molecular formula is C19H18F3N5O3. The normalized spacial score (nSPS) is 10.4. The second kappa shape index (κ2) is 10.1. The minimum Gasteiger partial charge on any atom is -0.360 e. The Balaban J connectivity index is 3.51. The summed E-state index contributed by atoms with van der Waals surface area (Å²) in [5.74, 6) is -2.87. The fourth-order valence-electron chi connectivity index (χ4n) is 2.37. The molecular weight excluding hydrogens is 403 g/mol. The molecule has 0 fully saturated rings. The molecule has 0 spiro atoms. The van der Waals surface area contributed by atoms with Crippen molar-refractivity contribution in [3.63, 3.8) is 0 Å². The molecule has 0 saturated heterocycles. The van der Waals surface area contributed by atoms with E-state index in [1.165, 1.54) is 18.0 Å². The van der Waals surface area contributed by atoms with Crippen molar-refractivity contribution in [2.24, 2.45) is 0 Å². The maximum atomic E-state index is 13.3. The maximum absolute atomic E-state index is 13.3. The molecule has 0 radical (unpaired) electrons. The third-order valence-corrected chi connectivity index (χ3v) is 4.01. The van der Waals surface area contributed by atoms with Crippen LogP contribution in [0.2, 0.25) is 0 Å². The van der Waals surface area contributed by atoms with E-state index in [0.717, 1.165) is 19.1 Å². The van der Waals surface area contributed by atoms with Crippen LogP contribution in [0.25, 0.3) is 5.53 Å². The molecule has 0 aliphatic carbocycles. The first-order valence-electron chi connectivity index (χ1n) is 8.49. The van der Waals surface area contributed by atoms with Gasteiger partial charge in [0, 0.05) is 26.2 Å². The SMILES string of the molecule is C=CCCN(C)C(=O)CN(C(=O)C(=[N+]=[N-])C(C)=O)c1ccc(C#N)c(C(F)(F)F)c1. The Bertz CT molecular complexity index is 959. The Morgan fingerprint density at radius 1 is 1.33 bits per heavy atom. The molecule has 1 aromatic carbocycles. The topological polar surface area (TPSA) is 118 Å². The molecule has 158 valence electrons. The van der Waals surface area contributed by atoms with Crippen LogP contribution in [0.3, 0.4) is 0 Å². The van der Waals surface area contributed by atoms with Crippen LogP contribution in [0, 0.1) is 11.3 Å². The highest BCUT2D eigenvalue weighted by atomic mass is 19.4. The van der Waals surface area contributed by atoms with Crippen molar-refractivity contribution in [1.29, 1.82) is 5.26 Å². The van der Waals surface area contributed by atoms with Crippen molar-refractivity contribution in [2.75, 3.05) is 25.0 Å². The Morgan fingerprint density at radius 3 is 2.43 bits per heavy atom. The van der Waals surface area contributed by atoms with E-state index in [9.17, 15) is 27.6 Å². The molecule has 0 N–H and O–H groups in total. The number of ketones is 1. The quantitative estimate of drug-likeness (QED) is 0.210. The summed E-state index contributed by atoms with van der Waals surface area (Å²) < 4.78 is 39.9. The van der Waals surface area contributed by atoms with Gasteiger partial charge in [-0.3, -0.25) is 19.3 Å². The van der Waals surface area contributed by atoms with E-state index in [2.05, 4.69) is 11.4 Å². The number of nitriles is 1. The summed E-state index contributed by atoms with van der Waals surface area (Å²) in [5, 5.41) is 8.92. The monoisotopic (exact) mass is 421 g/mol. The molecule has 0 atom stereocenters. The molecule has 0 bridgehead atoms. The zero-order valence-corrected chi connectivity index (χ0v) is 16.2. The maximum Gasteiger partial charge on any atom is 0.421 e. The van der Waals surface area contributed by atoms with E-state index in [1.807, 2.05) is 0 Å². The number of amides is 2. The average Bonchev–Trinajstić information content (AvgIpc) is 2.68. The molecule has 0 aliphatic rings. The summed E-state index contributed by atoms with van der Waals surface area (Å²) >= 11 is 0. The number of carbonyl (C=O) groups is 3. The smallest absolute Gasteiger partial charge is 0.360 e. The standard InChI is InChI=1S/C19H18F3N5O3/c1-4-5-8-26(3)16(29)11-27(18(30)17(25-24)12(2)28)14-7-6-13(10-23)15(9-14)19(20,21)22/h4,6-7,9H,1,5,8,11H2,2-3H3. The lowest BCUT2D eigenvalue weighted by Gasteiger charge is -2.24. The fraction of sp³-hybridized carbons (Fsp3) is 0.316. The molecule has 30 heavy (non-hydrogen) atoms. The van der Waals surface area contributed by atoms with Crippen LogP contribution in [-0.4, -0.2) is 53.1 Å². The first-order chi connectivity index (χ1) is 14.0. The Labute approximate surface area is 170 Å². The Hall–Kier alpha value is -3.77. The summed E-state index contributed by atoms with van der Waals surface area (Å²) in [5.41, 5.74) is 5.61. The highest BCUT2D eigenvalue weighted by Crippen LogP contribution is 2.34. The van der Waals surface area contributed by atoms with Crippen molar-refractivity contribution in [3.8, 4) is 6.07 Å². The number of hydrogen-bond donors (Lipinski definition) is 0. The second-order valence-corrected chi connectivity index (χ2v) is 6.13. The molecule has 0 heterocycles. The van der Waals surface area contributed by atoms with Crippen LogP contribution in [0.4, 0.5) is 18.9 Å². The molecule has 2 amide bonds. The number of nitrogens with zero attached hydrogens (tertiary/aromatic N) is 5. The molecule has 1 rings (SSSR count). The van der Waals surface area contributed by atoms with Gasteiger partial charge in [0.2, 0.25) is 11.7 Å². The zero-order valence-electron chi connectivity index (χ0n) is 16.2. The molecule has 0 aliphatic heterocycles. The van der Waals surface area contributed by atoms with Gasteiger partial charge in [0.05, 0.1) is 17.2 Å². The van der Waals surface area contributed by atoms with E-state index in [-0.39, 0.29) is 6.54 Å². The van der Waals surface area contributed by atoms with Crippen molar-refractivity contribution in [1.82, 2.24) is 4.90 Å². The fourth-order valence-corrected chi connectivity index (χ4v) is 2.37. The van der Waals surface area contributed by atoms with Crippen LogP contribution in [-0.2, 0) is 20.6 Å². The van der Waals surface area contributed by atoms with Gasteiger partial charge in [0.15, 0.2) is 0 Å².